The number of alkyl halides is 2. The molecule has 0 radical (unpaired) electrons. The van der Waals surface area contributed by atoms with Crippen molar-refractivity contribution in [3.05, 3.63) is 40.1 Å². The van der Waals surface area contributed by atoms with Crippen LogP contribution in [0.15, 0.2) is 24.4 Å². The molecule has 0 unspecified atom stereocenters. The first-order chi connectivity index (χ1) is 7.50. The van der Waals surface area contributed by atoms with Gasteiger partial charge in [0.2, 0.25) is 0 Å². The van der Waals surface area contributed by atoms with Gasteiger partial charge in [-0.2, -0.15) is 0 Å². The van der Waals surface area contributed by atoms with E-state index in [1.807, 2.05) is 0 Å². The van der Waals surface area contributed by atoms with E-state index in [1.165, 1.54) is 29.0 Å². The second kappa shape index (κ2) is 3.55. The molecule has 1 aromatic carbocycles. The Morgan fingerprint density at radius 2 is 2.12 bits per heavy atom. The van der Waals surface area contributed by atoms with E-state index in [1.54, 1.807) is 7.05 Å². The predicted molar refractivity (Wildman–Crippen MR) is 54.5 cm³/mol. The zero-order valence-corrected chi connectivity index (χ0v) is 8.35. The minimum Gasteiger partial charge on any atom is -0.350 e. The Labute approximate surface area is 89.2 Å². The quantitative estimate of drug-likeness (QED) is 0.583. The molecule has 0 saturated carbocycles. The summed E-state index contributed by atoms with van der Waals surface area (Å²) in [7, 11) is 1.63. The first-order valence-corrected chi connectivity index (χ1v) is 4.52. The van der Waals surface area contributed by atoms with Gasteiger partial charge in [0, 0.05) is 41.8 Å². The van der Waals surface area contributed by atoms with E-state index in [4.69, 9.17) is 0 Å². The lowest BCUT2D eigenvalue weighted by molar-refractivity contribution is -0.384. The van der Waals surface area contributed by atoms with Gasteiger partial charge in [-0.3, -0.25) is 10.1 Å². The van der Waals surface area contributed by atoms with Crippen LogP contribution >= 0.6 is 0 Å². The molecule has 0 amide bonds. The van der Waals surface area contributed by atoms with Crippen LogP contribution in [-0.4, -0.2) is 9.49 Å². The van der Waals surface area contributed by atoms with Crippen molar-refractivity contribution in [2.45, 2.75) is 6.43 Å². The maximum Gasteiger partial charge on any atom is 0.270 e. The zero-order chi connectivity index (χ0) is 11.9. The van der Waals surface area contributed by atoms with Gasteiger partial charge in [-0.1, -0.05) is 0 Å². The number of nitro groups is 1. The molecule has 1 heterocycles. The highest BCUT2D eigenvalue weighted by molar-refractivity contribution is 5.86. The zero-order valence-electron chi connectivity index (χ0n) is 8.35. The topological polar surface area (TPSA) is 48.1 Å². The molecule has 84 valence electrons. The number of nitrogens with zero attached hydrogens (tertiary/aromatic N) is 2. The minimum absolute atomic E-state index is 0.179. The van der Waals surface area contributed by atoms with Crippen LogP contribution in [0, 0.1) is 10.1 Å². The number of aromatic nitrogens is 1. The Balaban J connectivity index is 2.74. The monoisotopic (exact) mass is 226 g/mol. The van der Waals surface area contributed by atoms with Gasteiger partial charge < -0.3 is 4.57 Å². The Bertz CT molecular complexity index is 563. The molecular weight excluding hydrogens is 218 g/mol. The number of non-ortho nitro benzene ring substituents is 1. The fourth-order valence-corrected chi connectivity index (χ4v) is 1.70. The SMILES string of the molecule is Cn1cc(C(F)F)c2cc([N+](=O)[O-])ccc21. The fraction of sp³-hybridized carbons (Fsp3) is 0.200. The number of fused-ring (bicyclic) bond motifs is 1. The smallest absolute Gasteiger partial charge is 0.270 e. The van der Waals surface area contributed by atoms with Crippen molar-refractivity contribution in [1.82, 2.24) is 4.57 Å². The predicted octanol–water partition coefficient (Wildman–Crippen LogP) is 3.02. The molecule has 2 rings (SSSR count). The van der Waals surface area contributed by atoms with Crippen molar-refractivity contribution < 1.29 is 13.7 Å². The van der Waals surface area contributed by atoms with E-state index in [2.05, 4.69) is 0 Å². The molecule has 0 aliphatic rings. The van der Waals surface area contributed by atoms with E-state index in [0.29, 0.717) is 5.52 Å². The van der Waals surface area contributed by atoms with Crippen molar-refractivity contribution in [3.8, 4) is 0 Å². The molecular formula is C10H8F2N2O2. The number of halogens is 2. The van der Waals surface area contributed by atoms with Crippen LogP contribution in [0.3, 0.4) is 0 Å². The van der Waals surface area contributed by atoms with Gasteiger partial charge in [0.05, 0.1) is 4.92 Å². The number of hydrogen-bond acceptors (Lipinski definition) is 2. The first-order valence-electron chi connectivity index (χ1n) is 4.52. The third-order valence-electron chi connectivity index (χ3n) is 2.45. The summed E-state index contributed by atoms with van der Waals surface area (Å²) in [4.78, 5) is 9.95. The molecule has 16 heavy (non-hydrogen) atoms. The van der Waals surface area contributed by atoms with Crippen molar-refractivity contribution in [2.24, 2.45) is 7.05 Å². The van der Waals surface area contributed by atoms with Crippen LogP contribution in [0.5, 0.6) is 0 Å². The molecule has 2 aromatic rings. The summed E-state index contributed by atoms with van der Waals surface area (Å²) in [5, 5.41) is 10.8. The van der Waals surface area contributed by atoms with Crippen molar-refractivity contribution in [3.63, 3.8) is 0 Å². The third-order valence-corrected chi connectivity index (χ3v) is 2.45. The van der Waals surface area contributed by atoms with Crippen LogP contribution in [0.1, 0.15) is 12.0 Å². The average molecular weight is 226 g/mol. The lowest BCUT2D eigenvalue weighted by Gasteiger charge is -1.97. The van der Waals surface area contributed by atoms with E-state index in [9.17, 15) is 18.9 Å². The van der Waals surface area contributed by atoms with Gasteiger partial charge in [-0.05, 0) is 6.07 Å². The van der Waals surface area contributed by atoms with Gasteiger partial charge in [-0.15, -0.1) is 0 Å². The number of nitro benzene ring substituents is 1. The summed E-state index contributed by atoms with van der Waals surface area (Å²) in [6.45, 7) is 0. The lowest BCUT2D eigenvalue weighted by atomic mass is 10.1. The summed E-state index contributed by atoms with van der Waals surface area (Å²) in [5.74, 6) is 0. The lowest BCUT2D eigenvalue weighted by Crippen LogP contribution is -1.88. The second-order valence-electron chi connectivity index (χ2n) is 3.45. The fourth-order valence-electron chi connectivity index (χ4n) is 1.70. The molecule has 0 spiro atoms. The largest absolute Gasteiger partial charge is 0.350 e. The minimum atomic E-state index is -2.63. The highest BCUT2D eigenvalue weighted by Crippen LogP contribution is 2.31. The van der Waals surface area contributed by atoms with Gasteiger partial charge in [-0.25, -0.2) is 8.78 Å². The van der Waals surface area contributed by atoms with Crippen LogP contribution in [-0.2, 0) is 7.05 Å². The van der Waals surface area contributed by atoms with Gasteiger partial charge in [0.25, 0.3) is 12.1 Å². The van der Waals surface area contributed by atoms with Crippen LogP contribution in [0.4, 0.5) is 14.5 Å². The number of benzene rings is 1. The van der Waals surface area contributed by atoms with E-state index in [-0.39, 0.29) is 16.6 Å². The number of hydrogen-bond donors (Lipinski definition) is 0. The Kier molecular flexibility index (Phi) is 2.34. The molecule has 0 aliphatic carbocycles. The highest BCUT2D eigenvalue weighted by Gasteiger charge is 2.17. The van der Waals surface area contributed by atoms with Crippen LogP contribution in [0.2, 0.25) is 0 Å². The summed E-state index contributed by atoms with van der Waals surface area (Å²) in [5.41, 5.74) is 0.197. The Morgan fingerprint density at radius 1 is 1.44 bits per heavy atom. The van der Waals surface area contributed by atoms with E-state index < -0.39 is 11.3 Å². The van der Waals surface area contributed by atoms with Crippen molar-refractivity contribution in [1.29, 1.82) is 0 Å². The molecule has 0 fully saturated rings. The molecule has 0 atom stereocenters. The van der Waals surface area contributed by atoms with Crippen LogP contribution in [0.25, 0.3) is 10.9 Å². The van der Waals surface area contributed by atoms with E-state index in [0.717, 1.165) is 0 Å². The Hall–Kier alpha value is -1.98. The molecule has 0 N–H and O–H groups in total. The van der Waals surface area contributed by atoms with Crippen molar-refractivity contribution in [2.75, 3.05) is 0 Å². The highest BCUT2D eigenvalue weighted by atomic mass is 19.3. The maximum atomic E-state index is 12.7. The van der Waals surface area contributed by atoms with E-state index >= 15 is 0 Å². The number of rotatable bonds is 2. The molecule has 0 aliphatic heterocycles. The molecule has 4 nitrogen and oxygen atoms in total. The number of aryl methyl sites for hydroxylation is 1. The summed E-state index contributed by atoms with van der Waals surface area (Å²) >= 11 is 0. The van der Waals surface area contributed by atoms with Gasteiger partial charge in [0.15, 0.2) is 0 Å². The van der Waals surface area contributed by atoms with Gasteiger partial charge in [0.1, 0.15) is 0 Å². The molecule has 0 saturated heterocycles. The second-order valence-corrected chi connectivity index (χ2v) is 3.45. The molecule has 0 bridgehead atoms. The summed E-state index contributed by atoms with van der Waals surface area (Å²) in [6.07, 6.45) is -1.34. The van der Waals surface area contributed by atoms with Crippen LogP contribution < -0.4 is 0 Å². The summed E-state index contributed by atoms with van der Waals surface area (Å²) in [6, 6.07) is 3.95. The Morgan fingerprint density at radius 3 is 2.69 bits per heavy atom. The molecule has 1 aromatic heterocycles. The standard InChI is InChI=1S/C10H8F2N2O2/c1-13-5-8(10(11)12)7-4-6(14(15)16)2-3-9(7)13/h2-5,10H,1H3. The normalized spacial score (nSPS) is 11.2. The van der Waals surface area contributed by atoms with Crippen molar-refractivity contribution >= 4 is 16.6 Å². The molecule has 6 heteroatoms. The average Bonchev–Trinajstić information content (AvgIpc) is 2.56. The first kappa shape index (κ1) is 10.5. The summed E-state index contributed by atoms with van der Waals surface area (Å²) < 4.78 is 26.8. The third kappa shape index (κ3) is 1.52. The maximum absolute atomic E-state index is 12.7. The van der Waals surface area contributed by atoms with Gasteiger partial charge >= 0.3 is 0 Å².